The van der Waals surface area contributed by atoms with Crippen LogP contribution in [-0.2, 0) is 4.74 Å². The van der Waals surface area contributed by atoms with Gasteiger partial charge in [-0.15, -0.1) is 11.3 Å². The summed E-state index contributed by atoms with van der Waals surface area (Å²) in [5.41, 5.74) is 0. The van der Waals surface area contributed by atoms with E-state index < -0.39 is 0 Å². The molecule has 3 nitrogen and oxygen atoms in total. The number of carbonyl (C=O) groups is 1. The van der Waals surface area contributed by atoms with Gasteiger partial charge in [0.15, 0.2) is 0 Å². The normalized spacial score (nSPS) is 16.7. The third-order valence-corrected chi connectivity index (χ3v) is 3.04. The van der Waals surface area contributed by atoms with E-state index in [-0.39, 0.29) is 12.1 Å². The monoisotopic (exact) mass is 197 g/mol. The van der Waals surface area contributed by atoms with E-state index in [0.29, 0.717) is 4.88 Å². The van der Waals surface area contributed by atoms with Gasteiger partial charge in [-0.3, -0.25) is 0 Å². The van der Waals surface area contributed by atoms with E-state index in [2.05, 4.69) is 4.98 Å². The van der Waals surface area contributed by atoms with Gasteiger partial charge in [0.05, 0.1) is 11.2 Å². The molecule has 0 unspecified atom stereocenters. The zero-order valence-electron chi connectivity index (χ0n) is 7.45. The highest BCUT2D eigenvalue weighted by atomic mass is 32.1. The van der Waals surface area contributed by atoms with E-state index in [4.69, 9.17) is 4.74 Å². The fourth-order valence-electron chi connectivity index (χ4n) is 1.15. The third kappa shape index (κ3) is 1.88. The maximum Gasteiger partial charge on any atom is 0.350 e. The average molecular weight is 197 g/mol. The number of carbonyl (C=O) groups excluding carboxylic acids is 1. The third-order valence-electron chi connectivity index (χ3n) is 2.15. The van der Waals surface area contributed by atoms with Crippen LogP contribution in [0.25, 0.3) is 0 Å². The van der Waals surface area contributed by atoms with Gasteiger partial charge in [0.2, 0.25) is 0 Å². The number of hydrogen-bond acceptors (Lipinski definition) is 4. The lowest BCUT2D eigenvalue weighted by atomic mass is 9.96. The van der Waals surface area contributed by atoms with E-state index in [1.54, 1.807) is 6.20 Å². The van der Waals surface area contributed by atoms with E-state index in [9.17, 15) is 4.79 Å². The van der Waals surface area contributed by atoms with Crippen molar-refractivity contribution in [2.45, 2.75) is 32.3 Å². The fraction of sp³-hybridized carbons (Fsp3) is 0.556. The first-order valence-electron chi connectivity index (χ1n) is 4.39. The molecule has 0 spiro atoms. The highest BCUT2D eigenvalue weighted by Crippen LogP contribution is 2.24. The molecule has 1 aromatic rings. The lowest BCUT2D eigenvalue weighted by Crippen LogP contribution is -2.24. The number of thiazole rings is 1. The van der Waals surface area contributed by atoms with Gasteiger partial charge >= 0.3 is 5.97 Å². The van der Waals surface area contributed by atoms with E-state index in [1.165, 1.54) is 17.8 Å². The van der Waals surface area contributed by atoms with Crippen molar-refractivity contribution >= 4 is 17.3 Å². The summed E-state index contributed by atoms with van der Waals surface area (Å²) in [6, 6.07) is 0. The summed E-state index contributed by atoms with van der Waals surface area (Å²) in [5, 5.41) is 0.903. The molecule has 1 aromatic heterocycles. The Morgan fingerprint density at radius 1 is 1.69 bits per heavy atom. The molecule has 1 aliphatic carbocycles. The molecule has 1 aliphatic rings. The van der Waals surface area contributed by atoms with Gasteiger partial charge in [-0.1, -0.05) is 0 Å². The Kier molecular flexibility index (Phi) is 2.31. The molecule has 1 heterocycles. The van der Waals surface area contributed by atoms with E-state index >= 15 is 0 Å². The highest BCUT2D eigenvalue weighted by molar-refractivity contribution is 7.13. The van der Waals surface area contributed by atoms with E-state index in [1.807, 2.05) is 6.92 Å². The predicted molar refractivity (Wildman–Crippen MR) is 49.9 cm³/mol. The molecule has 0 radical (unpaired) electrons. The predicted octanol–water partition coefficient (Wildman–Crippen LogP) is 2.16. The Morgan fingerprint density at radius 3 is 2.92 bits per heavy atom. The van der Waals surface area contributed by atoms with Crippen LogP contribution in [0.4, 0.5) is 0 Å². The van der Waals surface area contributed by atoms with Crippen molar-refractivity contribution in [2.24, 2.45) is 0 Å². The van der Waals surface area contributed by atoms with Crippen LogP contribution in [0, 0.1) is 6.92 Å². The zero-order valence-corrected chi connectivity index (χ0v) is 8.26. The number of esters is 1. The first-order chi connectivity index (χ1) is 6.25. The molecule has 0 aromatic carbocycles. The summed E-state index contributed by atoms with van der Waals surface area (Å²) in [4.78, 5) is 16.0. The Bertz CT molecular complexity index is 317. The number of hydrogen-bond donors (Lipinski definition) is 0. The minimum Gasteiger partial charge on any atom is -0.458 e. The first kappa shape index (κ1) is 8.69. The molecule has 1 fully saturated rings. The minimum atomic E-state index is -0.213. The summed E-state index contributed by atoms with van der Waals surface area (Å²) in [6.45, 7) is 1.88. The number of aromatic nitrogens is 1. The maximum atomic E-state index is 11.4. The number of rotatable bonds is 2. The molecule has 1 saturated carbocycles. The first-order valence-corrected chi connectivity index (χ1v) is 5.21. The van der Waals surface area contributed by atoms with Crippen molar-refractivity contribution in [2.75, 3.05) is 0 Å². The van der Waals surface area contributed by atoms with Gasteiger partial charge in [0.1, 0.15) is 11.0 Å². The summed E-state index contributed by atoms with van der Waals surface area (Å²) in [7, 11) is 0. The van der Waals surface area contributed by atoms with Crippen molar-refractivity contribution in [3.05, 3.63) is 16.1 Å². The average Bonchev–Trinajstić information content (AvgIpc) is 2.44. The van der Waals surface area contributed by atoms with Crippen molar-refractivity contribution in [3.63, 3.8) is 0 Å². The van der Waals surface area contributed by atoms with Crippen molar-refractivity contribution < 1.29 is 9.53 Å². The summed E-state index contributed by atoms with van der Waals surface area (Å²) >= 11 is 1.39. The number of aryl methyl sites for hydroxylation is 1. The second-order valence-electron chi connectivity index (χ2n) is 3.20. The molecule has 4 heteroatoms. The molecule has 13 heavy (non-hydrogen) atoms. The second kappa shape index (κ2) is 3.46. The molecule has 0 saturated heterocycles. The topological polar surface area (TPSA) is 39.2 Å². The van der Waals surface area contributed by atoms with Gasteiger partial charge in [-0.05, 0) is 26.2 Å². The van der Waals surface area contributed by atoms with Gasteiger partial charge < -0.3 is 4.74 Å². The van der Waals surface area contributed by atoms with Gasteiger partial charge in [0, 0.05) is 0 Å². The van der Waals surface area contributed by atoms with Crippen LogP contribution in [0.2, 0.25) is 0 Å². The van der Waals surface area contributed by atoms with Crippen LogP contribution in [0.15, 0.2) is 6.20 Å². The molecule has 0 atom stereocenters. The molecular formula is C9H11NO2S. The molecular weight excluding hydrogens is 186 g/mol. The SMILES string of the molecule is Cc1ncc(C(=O)OC2CCC2)s1. The Balaban J connectivity index is 1.96. The van der Waals surface area contributed by atoms with E-state index in [0.717, 1.165) is 17.8 Å². The Morgan fingerprint density at radius 2 is 2.46 bits per heavy atom. The van der Waals surface area contributed by atoms with Crippen LogP contribution in [0.1, 0.15) is 33.9 Å². The molecule has 0 bridgehead atoms. The van der Waals surface area contributed by atoms with Crippen molar-refractivity contribution in [1.82, 2.24) is 4.98 Å². The number of ether oxygens (including phenoxy) is 1. The molecule has 2 rings (SSSR count). The maximum absolute atomic E-state index is 11.4. The quantitative estimate of drug-likeness (QED) is 0.682. The number of nitrogens with zero attached hydrogens (tertiary/aromatic N) is 1. The lowest BCUT2D eigenvalue weighted by Gasteiger charge is -2.24. The molecule has 70 valence electrons. The molecule has 0 N–H and O–H groups in total. The smallest absolute Gasteiger partial charge is 0.350 e. The standard InChI is InChI=1S/C9H11NO2S/c1-6-10-5-8(13-6)9(11)12-7-3-2-4-7/h5,7H,2-4H2,1H3. The van der Waals surface area contributed by atoms with Crippen LogP contribution < -0.4 is 0 Å². The Labute approximate surface area is 80.8 Å². The molecule has 0 aliphatic heterocycles. The van der Waals surface area contributed by atoms with Crippen LogP contribution in [0.3, 0.4) is 0 Å². The lowest BCUT2D eigenvalue weighted by molar-refractivity contribution is 0.00953. The van der Waals surface area contributed by atoms with Crippen LogP contribution >= 0.6 is 11.3 Å². The largest absolute Gasteiger partial charge is 0.458 e. The second-order valence-corrected chi connectivity index (χ2v) is 4.44. The fourth-order valence-corrected chi connectivity index (χ4v) is 1.81. The summed E-state index contributed by atoms with van der Waals surface area (Å²) in [6.07, 6.45) is 4.96. The van der Waals surface area contributed by atoms with Crippen LogP contribution in [-0.4, -0.2) is 17.1 Å². The zero-order chi connectivity index (χ0) is 9.26. The van der Waals surface area contributed by atoms with Crippen LogP contribution in [0.5, 0.6) is 0 Å². The Hall–Kier alpha value is -0.900. The minimum absolute atomic E-state index is 0.162. The summed E-state index contributed by atoms with van der Waals surface area (Å²) in [5.74, 6) is -0.213. The van der Waals surface area contributed by atoms with Gasteiger partial charge in [0.25, 0.3) is 0 Å². The summed E-state index contributed by atoms with van der Waals surface area (Å²) < 4.78 is 5.22. The van der Waals surface area contributed by atoms with Crippen molar-refractivity contribution in [3.8, 4) is 0 Å². The van der Waals surface area contributed by atoms with Gasteiger partial charge in [-0.25, -0.2) is 9.78 Å². The van der Waals surface area contributed by atoms with Gasteiger partial charge in [-0.2, -0.15) is 0 Å². The van der Waals surface area contributed by atoms with Crippen molar-refractivity contribution in [1.29, 1.82) is 0 Å². The highest BCUT2D eigenvalue weighted by Gasteiger charge is 2.23. The molecule has 0 amide bonds.